The molecule has 0 aliphatic heterocycles. The van der Waals surface area contributed by atoms with E-state index in [0.29, 0.717) is 6.67 Å². The predicted octanol–water partition coefficient (Wildman–Crippen LogP) is 5.15. The predicted molar refractivity (Wildman–Crippen MR) is 107 cm³/mol. The van der Waals surface area contributed by atoms with Crippen LogP contribution in [-0.4, -0.2) is 15.0 Å². The molecule has 2 N–H and O–H groups in total. The Morgan fingerprint density at radius 1 is 1.12 bits per heavy atom. The lowest BCUT2D eigenvalue weighted by Gasteiger charge is -2.19. The molecule has 0 aliphatic rings. The van der Waals surface area contributed by atoms with Gasteiger partial charge in [-0.2, -0.15) is 0 Å². The molecular weight excluding hydrogens is 308 g/mol. The minimum atomic E-state index is 0.387. The number of aromatic nitrogens is 3. The van der Waals surface area contributed by atoms with Crippen LogP contribution in [0.3, 0.4) is 0 Å². The normalized spacial score (nSPS) is 12.8. The molecule has 0 saturated heterocycles. The number of aryl methyl sites for hydroxylation is 1. The molecule has 1 unspecified atom stereocenters. The summed E-state index contributed by atoms with van der Waals surface area (Å²) in [5, 5.41) is 8.64. The number of nitrogens with two attached hydrogens (primary N) is 1. The Morgan fingerprint density at radius 3 is 2.52 bits per heavy atom. The topological polar surface area (TPSA) is 56.7 Å². The van der Waals surface area contributed by atoms with Crippen molar-refractivity contribution in [3.8, 4) is 0 Å². The number of nitrogens with zero attached hydrogens (tertiary/aromatic N) is 3. The van der Waals surface area contributed by atoms with E-state index in [2.05, 4.69) is 44.1 Å². The smallest absolute Gasteiger partial charge is 0.116 e. The molecule has 0 radical (unpaired) electrons. The lowest BCUT2D eigenvalue weighted by molar-refractivity contribution is 0.447. The van der Waals surface area contributed by atoms with Gasteiger partial charge in [0.2, 0.25) is 0 Å². The number of rotatable bonds is 11. The molecular formula is C21H36N4. The van der Waals surface area contributed by atoms with E-state index in [4.69, 9.17) is 5.73 Å². The minimum absolute atomic E-state index is 0.387. The third-order valence-electron chi connectivity index (χ3n) is 5.53. The molecule has 4 heteroatoms. The Labute approximate surface area is 153 Å². The third-order valence-corrected chi connectivity index (χ3v) is 5.53. The molecule has 0 spiro atoms. The zero-order valence-corrected chi connectivity index (χ0v) is 16.6. The summed E-state index contributed by atoms with van der Waals surface area (Å²) in [5.41, 5.74) is 12.3. The fourth-order valence-corrected chi connectivity index (χ4v) is 3.84. The summed E-state index contributed by atoms with van der Waals surface area (Å²) in [5.74, 6) is 0.768. The monoisotopic (exact) mass is 344 g/mol. The van der Waals surface area contributed by atoms with Gasteiger partial charge in [0.15, 0.2) is 0 Å². The van der Waals surface area contributed by atoms with Gasteiger partial charge in [-0.25, -0.2) is 4.68 Å². The summed E-state index contributed by atoms with van der Waals surface area (Å²) in [7, 11) is 0. The summed E-state index contributed by atoms with van der Waals surface area (Å²) < 4.78 is 1.83. The van der Waals surface area contributed by atoms with Crippen molar-refractivity contribution < 1.29 is 0 Å². The van der Waals surface area contributed by atoms with Crippen LogP contribution < -0.4 is 5.73 Å². The molecule has 1 heterocycles. The molecule has 2 aromatic rings. The quantitative estimate of drug-likeness (QED) is 0.574. The second-order valence-corrected chi connectivity index (χ2v) is 7.36. The van der Waals surface area contributed by atoms with Gasteiger partial charge in [0, 0.05) is 0 Å². The van der Waals surface area contributed by atoms with Crippen LogP contribution in [0, 0.1) is 12.8 Å². The Hall–Kier alpha value is -1.42. The van der Waals surface area contributed by atoms with E-state index in [1.165, 1.54) is 68.1 Å². The van der Waals surface area contributed by atoms with Crippen LogP contribution in [-0.2, 0) is 19.5 Å². The van der Waals surface area contributed by atoms with E-state index in [-0.39, 0.29) is 0 Å². The average Bonchev–Trinajstić information content (AvgIpc) is 3.04. The van der Waals surface area contributed by atoms with Gasteiger partial charge in [-0.15, -0.1) is 5.10 Å². The van der Waals surface area contributed by atoms with Crippen LogP contribution in [0.1, 0.15) is 82.4 Å². The van der Waals surface area contributed by atoms with Gasteiger partial charge in [0.1, 0.15) is 5.52 Å². The fourth-order valence-electron chi connectivity index (χ4n) is 3.84. The number of unbranched alkanes of at least 4 members (excludes halogenated alkanes) is 3. The SMILES string of the molecule is CCCCCc1c(CC(CC)CCCC)cc2c(nnn2CN)c1C. The van der Waals surface area contributed by atoms with Crippen molar-refractivity contribution in [2.75, 3.05) is 0 Å². The maximum absolute atomic E-state index is 5.85. The largest absolute Gasteiger partial charge is 0.312 e. The first kappa shape index (κ1) is 19.9. The lowest BCUT2D eigenvalue weighted by Crippen LogP contribution is -2.10. The highest BCUT2D eigenvalue weighted by molar-refractivity contribution is 5.80. The van der Waals surface area contributed by atoms with Crippen molar-refractivity contribution in [3.05, 3.63) is 22.8 Å². The van der Waals surface area contributed by atoms with Crippen molar-refractivity contribution in [2.45, 2.75) is 92.2 Å². The van der Waals surface area contributed by atoms with E-state index >= 15 is 0 Å². The minimum Gasteiger partial charge on any atom is -0.312 e. The summed E-state index contributed by atoms with van der Waals surface area (Å²) in [6.07, 6.45) is 11.3. The van der Waals surface area contributed by atoms with E-state index in [1.807, 2.05) is 4.68 Å². The summed E-state index contributed by atoms with van der Waals surface area (Å²) in [4.78, 5) is 0. The van der Waals surface area contributed by atoms with Crippen LogP contribution in [0.4, 0.5) is 0 Å². The Kier molecular flexibility index (Phi) is 7.89. The van der Waals surface area contributed by atoms with Crippen LogP contribution >= 0.6 is 0 Å². The molecule has 0 aliphatic carbocycles. The first-order chi connectivity index (χ1) is 12.2. The second kappa shape index (κ2) is 9.91. The maximum atomic E-state index is 5.85. The molecule has 0 fully saturated rings. The summed E-state index contributed by atoms with van der Waals surface area (Å²) in [6, 6.07) is 2.32. The Bertz CT molecular complexity index is 659. The van der Waals surface area contributed by atoms with Crippen molar-refractivity contribution in [1.29, 1.82) is 0 Å². The second-order valence-electron chi connectivity index (χ2n) is 7.36. The lowest BCUT2D eigenvalue weighted by atomic mass is 9.86. The van der Waals surface area contributed by atoms with Crippen molar-refractivity contribution in [1.82, 2.24) is 15.0 Å². The number of fused-ring (bicyclic) bond motifs is 1. The van der Waals surface area contributed by atoms with Gasteiger partial charge in [0.25, 0.3) is 0 Å². The fraction of sp³-hybridized carbons (Fsp3) is 0.714. The highest BCUT2D eigenvalue weighted by Gasteiger charge is 2.17. The molecule has 25 heavy (non-hydrogen) atoms. The Morgan fingerprint density at radius 2 is 1.88 bits per heavy atom. The first-order valence-corrected chi connectivity index (χ1v) is 10.2. The maximum Gasteiger partial charge on any atom is 0.116 e. The van der Waals surface area contributed by atoms with Gasteiger partial charge >= 0.3 is 0 Å². The van der Waals surface area contributed by atoms with Gasteiger partial charge < -0.3 is 5.73 Å². The number of hydrogen-bond acceptors (Lipinski definition) is 3. The van der Waals surface area contributed by atoms with Crippen molar-refractivity contribution in [2.24, 2.45) is 11.7 Å². The molecule has 1 atom stereocenters. The van der Waals surface area contributed by atoms with Gasteiger partial charge in [-0.1, -0.05) is 64.5 Å². The molecule has 140 valence electrons. The zero-order chi connectivity index (χ0) is 18.2. The van der Waals surface area contributed by atoms with E-state index < -0.39 is 0 Å². The number of benzene rings is 1. The van der Waals surface area contributed by atoms with Crippen molar-refractivity contribution in [3.63, 3.8) is 0 Å². The number of hydrogen-bond donors (Lipinski definition) is 1. The van der Waals surface area contributed by atoms with E-state index in [1.54, 1.807) is 0 Å². The van der Waals surface area contributed by atoms with Crippen LogP contribution in [0.5, 0.6) is 0 Å². The van der Waals surface area contributed by atoms with Gasteiger partial charge in [-0.3, -0.25) is 0 Å². The first-order valence-electron chi connectivity index (χ1n) is 10.2. The molecule has 1 aromatic carbocycles. The highest BCUT2D eigenvalue weighted by atomic mass is 15.4. The molecule has 0 bridgehead atoms. The van der Waals surface area contributed by atoms with Crippen molar-refractivity contribution >= 4 is 11.0 Å². The molecule has 0 amide bonds. The van der Waals surface area contributed by atoms with Crippen LogP contribution in [0.15, 0.2) is 6.07 Å². The standard InChI is InChI=1S/C21H36N4/c1-5-8-10-12-19-16(4)21-20(25(15-22)24-23-21)14-18(19)13-17(7-3)11-9-6-2/h14,17H,5-13,15,22H2,1-4H3. The molecule has 0 saturated carbocycles. The average molecular weight is 345 g/mol. The Balaban J connectivity index is 2.39. The van der Waals surface area contributed by atoms with Crippen LogP contribution in [0.2, 0.25) is 0 Å². The molecule has 2 rings (SSSR count). The molecule has 1 aromatic heterocycles. The van der Waals surface area contributed by atoms with E-state index in [9.17, 15) is 0 Å². The summed E-state index contributed by atoms with van der Waals surface area (Å²) >= 11 is 0. The molecule has 4 nitrogen and oxygen atoms in total. The third kappa shape index (κ3) is 4.81. The zero-order valence-electron chi connectivity index (χ0n) is 16.6. The van der Waals surface area contributed by atoms with Gasteiger partial charge in [0.05, 0.1) is 12.2 Å². The van der Waals surface area contributed by atoms with E-state index in [0.717, 1.165) is 23.4 Å². The van der Waals surface area contributed by atoms with Crippen LogP contribution in [0.25, 0.3) is 11.0 Å². The summed E-state index contributed by atoms with van der Waals surface area (Å²) in [6.45, 7) is 9.48. The van der Waals surface area contributed by atoms with Gasteiger partial charge in [-0.05, 0) is 54.9 Å². The highest BCUT2D eigenvalue weighted by Crippen LogP contribution is 2.29.